The van der Waals surface area contributed by atoms with E-state index in [-0.39, 0.29) is 11.8 Å². The molecule has 0 saturated heterocycles. The van der Waals surface area contributed by atoms with Crippen LogP contribution in [0.25, 0.3) is 0 Å². The number of rotatable bonds is 3. The molecule has 0 aliphatic rings. The number of benzene rings is 1. The van der Waals surface area contributed by atoms with Crippen LogP contribution in [0.1, 0.15) is 5.69 Å². The third-order valence-electron chi connectivity index (χ3n) is 2.18. The Morgan fingerprint density at radius 3 is 2.37 bits per heavy atom. The second-order valence-corrected chi connectivity index (χ2v) is 3.58. The maximum Gasteiger partial charge on any atom is 0.433 e. The molecule has 4 nitrogen and oxygen atoms in total. The standard InChI is InChI=1S/C12H10F3N3O/c1-16-11-17-9(12(13,14)15)7-10(18-11)19-8-5-3-2-4-6-8/h2-7H,1H3,(H,16,17,18). The summed E-state index contributed by atoms with van der Waals surface area (Å²) in [6.45, 7) is 0. The van der Waals surface area contributed by atoms with Crippen LogP contribution in [-0.2, 0) is 6.18 Å². The van der Waals surface area contributed by atoms with Crippen LogP contribution in [0.3, 0.4) is 0 Å². The van der Waals surface area contributed by atoms with Gasteiger partial charge in [-0.05, 0) is 12.1 Å². The molecule has 0 unspecified atom stereocenters. The van der Waals surface area contributed by atoms with Crippen molar-refractivity contribution in [3.63, 3.8) is 0 Å². The first kappa shape index (κ1) is 13.1. The van der Waals surface area contributed by atoms with Gasteiger partial charge in [-0.15, -0.1) is 0 Å². The monoisotopic (exact) mass is 269 g/mol. The minimum atomic E-state index is -4.55. The largest absolute Gasteiger partial charge is 0.439 e. The molecule has 1 aromatic carbocycles. The lowest BCUT2D eigenvalue weighted by Gasteiger charge is -2.10. The van der Waals surface area contributed by atoms with Crippen molar-refractivity contribution >= 4 is 5.95 Å². The van der Waals surface area contributed by atoms with Gasteiger partial charge in [-0.2, -0.15) is 18.2 Å². The molecule has 0 amide bonds. The van der Waals surface area contributed by atoms with E-state index in [4.69, 9.17) is 4.74 Å². The maximum atomic E-state index is 12.6. The van der Waals surface area contributed by atoms with Crippen molar-refractivity contribution in [3.8, 4) is 11.6 Å². The van der Waals surface area contributed by atoms with Gasteiger partial charge in [0.25, 0.3) is 0 Å². The average Bonchev–Trinajstić information content (AvgIpc) is 2.38. The Hall–Kier alpha value is -2.31. The SMILES string of the molecule is CNc1nc(Oc2ccccc2)cc(C(F)(F)F)n1. The number of alkyl halides is 3. The number of ether oxygens (including phenoxy) is 1. The molecule has 100 valence electrons. The van der Waals surface area contributed by atoms with Crippen LogP contribution >= 0.6 is 0 Å². The lowest BCUT2D eigenvalue weighted by Crippen LogP contribution is -2.11. The van der Waals surface area contributed by atoms with Crippen LogP contribution in [-0.4, -0.2) is 17.0 Å². The van der Waals surface area contributed by atoms with Crippen LogP contribution in [0.15, 0.2) is 36.4 Å². The number of halogens is 3. The molecule has 1 aromatic heterocycles. The first-order valence-electron chi connectivity index (χ1n) is 5.36. The molecular weight excluding hydrogens is 259 g/mol. The number of aromatic nitrogens is 2. The number of hydrogen-bond acceptors (Lipinski definition) is 4. The fourth-order valence-corrected chi connectivity index (χ4v) is 1.34. The smallest absolute Gasteiger partial charge is 0.433 e. The van der Waals surface area contributed by atoms with Crippen LogP contribution in [0.5, 0.6) is 11.6 Å². The third kappa shape index (κ3) is 3.34. The first-order valence-corrected chi connectivity index (χ1v) is 5.36. The number of hydrogen-bond donors (Lipinski definition) is 1. The van der Waals surface area contributed by atoms with Crippen molar-refractivity contribution < 1.29 is 17.9 Å². The quantitative estimate of drug-likeness (QED) is 0.928. The van der Waals surface area contributed by atoms with E-state index in [1.165, 1.54) is 7.05 Å². The van der Waals surface area contributed by atoms with Crippen LogP contribution < -0.4 is 10.1 Å². The molecule has 1 N–H and O–H groups in total. The van der Waals surface area contributed by atoms with Gasteiger partial charge < -0.3 is 10.1 Å². The lowest BCUT2D eigenvalue weighted by atomic mass is 10.3. The normalized spacial score (nSPS) is 11.2. The van der Waals surface area contributed by atoms with E-state index >= 15 is 0 Å². The van der Waals surface area contributed by atoms with E-state index in [0.29, 0.717) is 5.75 Å². The van der Waals surface area contributed by atoms with E-state index in [1.807, 2.05) is 0 Å². The van der Waals surface area contributed by atoms with Gasteiger partial charge in [-0.25, -0.2) is 4.98 Å². The summed E-state index contributed by atoms with van der Waals surface area (Å²) in [7, 11) is 1.43. The van der Waals surface area contributed by atoms with Crippen molar-refractivity contribution in [1.29, 1.82) is 0 Å². The summed E-state index contributed by atoms with van der Waals surface area (Å²) in [5.74, 6) is 0.0787. The first-order chi connectivity index (χ1) is 8.99. The highest BCUT2D eigenvalue weighted by molar-refractivity contribution is 5.34. The zero-order chi connectivity index (χ0) is 13.9. The fourth-order valence-electron chi connectivity index (χ4n) is 1.34. The van der Waals surface area contributed by atoms with Gasteiger partial charge in [-0.1, -0.05) is 18.2 Å². The molecule has 0 aliphatic carbocycles. The minimum Gasteiger partial charge on any atom is -0.439 e. The highest BCUT2D eigenvalue weighted by Crippen LogP contribution is 2.31. The molecule has 7 heteroatoms. The van der Waals surface area contributed by atoms with Crippen LogP contribution in [0, 0.1) is 0 Å². The summed E-state index contributed by atoms with van der Waals surface area (Å²) in [5, 5.41) is 2.46. The van der Waals surface area contributed by atoms with Crippen LogP contribution in [0.2, 0.25) is 0 Å². The summed E-state index contributed by atoms with van der Waals surface area (Å²) in [6.07, 6.45) is -4.55. The molecule has 0 saturated carbocycles. The molecule has 0 atom stereocenters. The van der Waals surface area contributed by atoms with E-state index in [0.717, 1.165) is 6.07 Å². The fraction of sp³-hybridized carbons (Fsp3) is 0.167. The highest BCUT2D eigenvalue weighted by atomic mass is 19.4. The van der Waals surface area contributed by atoms with E-state index < -0.39 is 11.9 Å². The van der Waals surface area contributed by atoms with Gasteiger partial charge in [0.2, 0.25) is 11.8 Å². The molecule has 0 radical (unpaired) electrons. The molecule has 2 aromatic rings. The molecule has 0 aliphatic heterocycles. The van der Waals surface area contributed by atoms with Gasteiger partial charge in [0, 0.05) is 13.1 Å². The second-order valence-electron chi connectivity index (χ2n) is 3.58. The molecule has 0 fully saturated rings. The number of nitrogens with zero attached hydrogens (tertiary/aromatic N) is 2. The van der Waals surface area contributed by atoms with E-state index in [9.17, 15) is 13.2 Å². The summed E-state index contributed by atoms with van der Waals surface area (Å²) >= 11 is 0. The van der Waals surface area contributed by atoms with Crippen molar-refractivity contribution in [1.82, 2.24) is 9.97 Å². The molecule has 2 rings (SSSR count). The minimum absolute atomic E-state index is 0.152. The Kier molecular flexibility index (Phi) is 3.55. The van der Waals surface area contributed by atoms with E-state index in [2.05, 4.69) is 15.3 Å². The van der Waals surface area contributed by atoms with Gasteiger partial charge in [-0.3, -0.25) is 0 Å². The molecular formula is C12H10F3N3O. The van der Waals surface area contributed by atoms with Gasteiger partial charge in [0.05, 0.1) is 0 Å². The van der Waals surface area contributed by atoms with Gasteiger partial charge in [0.1, 0.15) is 5.75 Å². The van der Waals surface area contributed by atoms with Crippen molar-refractivity contribution in [3.05, 3.63) is 42.1 Å². The van der Waals surface area contributed by atoms with Gasteiger partial charge >= 0.3 is 6.18 Å². The Morgan fingerprint density at radius 2 is 1.79 bits per heavy atom. The Labute approximate surface area is 107 Å². The number of para-hydroxylation sites is 1. The van der Waals surface area contributed by atoms with Crippen LogP contribution in [0.4, 0.5) is 19.1 Å². The second kappa shape index (κ2) is 5.13. The predicted molar refractivity (Wildman–Crippen MR) is 63.1 cm³/mol. The highest BCUT2D eigenvalue weighted by Gasteiger charge is 2.34. The zero-order valence-electron chi connectivity index (χ0n) is 9.90. The Balaban J connectivity index is 2.35. The Bertz CT molecular complexity index is 558. The molecule has 0 spiro atoms. The third-order valence-corrected chi connectivity index (χ3v) is 2.18. The van der Waals surface area contributed by atoms with Gasteiger partial charge in [0.15, 0.2) is 5.69 Å². The zero-order valence-corrected chi connectivity index (χ0v) is 9.90. The lowest BCUT2D eigenvalue weighted by molar-refractivity contribution is -0.141. The maximum absolute atomic E-state index is 12.6. The summed E-state index contributed by atoms with van der Waals surface area (Å²) < 4.78 is 43.2. The predicted octanol–water partition coefficient (Wildman–Crippen LogP) is 3.33. The van der Waals surface area contributed by atoms with Crippen molar-refractivity contribution in [2.45, 2.75) is 6.18 Å². The number of nitrogens with one attached hydrogen (secondary N) is 1. The summed E-state index contributed by atoms with van der Waals surface area (Å²) in [4.78, 5) is 7.15. The average molecular weight is 269 g/mol. The molecule has 19 heavy (non-hydrogen) atoms. The van der Waals surface area contributed by atoms with Crippen molar-refractivity contribution in [2.75, 3.05) is 12.4 Å². The summed E-state index contributed by atoms with van der Waals surface area (Å²) in [6, 6.07) is 9.18. The Morgan fingerprint density at radius 1 is 1.11 bits per heavy atom. The summed E-state index contributed by atoms with van der Waals surface area (Å²) in [5.41, 5.74) is -1.06. The van der Waals surface area contributed by atoms with E-state index in [1.54, 1.807) is 30.3 Å². The molecule has 0 bridgehead atoms. The topological polar surface area (TPSA) is 47.0 Å². The molecule has 1 heterocycles. The van der Waals surface area contributed by atoms with Crippen molar-refractivity contribution in [2.24, 2.45) is 0 Å². The number of anilines is 1.